The summed E-state index contributed by atoms with van der Waals surface area (Å²) in [7, 11) is 1.68. The van der Waals surface area contributed by atoms with E-state index in [1.165, 1.54) is 0 Å². The van der Waals surface area contributed by atoms with E-state index in [0.717, 1.165) is 30.9 Å². The average molecular weight is 195 g/mol. The molecule has 0 aromatic carbocycles. The number of rotatable bonds is 6. The molecule has 14 heavy (non-hydrogen) atoms. The van der Waals surface area contributed by atoms with E-state index in [0.29, 0.717) is 6.61 Å². The van der Waals surface area contributed by atoms with Gasteiger partial charge in [-0.1, -0.05) is 6.92 Å². The molecule has 0 radical (unpaired) electrons. The van der Waals surface area contributed by atoms with Crippen molar-refractivity contribution >= 4 is 0 Å². The second kappa shape index (κ2) is 6.45. The van der Waals surface area contributed by atoms with Gasteiger partial charge in [0.15, 0.2) is 0 Å². The number of nitrogens with one attached hydrogen (secondary N) is 1. The number of hydrogen-bond acceptors (Lipinski definition) is 4. The SMILES string of the molecule is CCNCc1cnc(CCOC)nc1. The van der Waals surface area contributed by atoms with Crippen LogP contribution in [-0.2, 0) is 17.7 Å². The Hall–Kier alpha value is -1.00. The van der Waals surface area contributed by atoms with Gasteiger partial charge in [-0.2, -0.15) is 0 Å². The summed E-state index contributed by atoms with van der Waals surface area (Å²) in [5.41, 5.74) is 1.12. The summed E-state index contributed by atoms with van der Waals surface area (Å²) >= 11 is 0. The van der Waals surface area contributed by atoms with E-state index in [2.05, 4.69) is 22.2 Å². The van der Waals surface area contributed by atoms with Gasteiger partial charge in [0.2, 0.25) is 0 Å². The average Bonchev–Trinajstić information content (AvgIpc) is 2.25. The van der Waals surface area contributed by atoms with Crippen LogP contribution < -0.4 is 5.32 Å². The second-order valence-electron chi connectivity index (χ2n) is 3.03. The summed E-state index contributed by atoms with van der Waals surface area (Å²) in [6, 6.07) is 0. The number of hydrogen-bond donors (Lipinski definition) is 1. The zero-order valence-corrected chi connectivity index (χ0v) is 8.79. The van der Waals surface area contributed by atoms with Crippen molar-refractivity contribution in [1.82, 2.24) is 15.3 Å². The first-order valence-electron chi connectivity index (χ1n) is 4.86. The second-order valence-corrected chi connectivity index (χ2v) is 3.03. The number of methoxy groups -OCH3 is 1. The number of ether oxygens (including phenoxy) is 1. The standard InChI is InChI=1S/C10H17N3O/c1-3-11-6-9-7-12-10(13-8-9)4-5-14-2/h7-8,11H,3-6H2,1-2H3. The Kier molecular flexibility index (Phi) is 5.11. The minimum absolute atomic E-state index is 0.673. The molecule has 78 valence electrons. The monoisotopic (exact) mass is 195 g/mol. The van der Waals surface area contributed by atoms with Gasteiger partial charge < -0.3 is 10.1 Å². The highest BCUT2D eigenvalue weighted by molar-refractivity contribution is 5.04. The maximum atomic E-state index is 4.95. The van der Waals surface area contributed by atoms with E-state index >= 15 is 0 Å². The van der Waals surface area contributed by atoms with Crippen LogP contribution in [0.1, 0.15) is 18.3 Å². The highest BCUT2D eigenvalue weighted by atomic mass is 16.5. The van der Waals surface area contributed by atoms with Gasteiger partial charge in [-0.25, -0.2) is 9.97 Å². The largest absolute Gasteiger partial charge is 0.384 e. The molecule has 0 aliphatic rings. The van der Waals surface area contributed by atoms with E-state index < -0.39 is 0 Å². The van der Waals surface area contributed by atoms with E-state index in [1.807, 2.05) is 12.4 Å². The molecule has 4 heteroatoms. The van der Waals surface area contributed by atoms with Crippen molar-refractivity contribution in [2.75, 3.05) is 20.3 Å². The fraction of sp³-hybridized carbons (Fsp3) is 0.600. The Morgan fingerprint density at radius 3 is 2.64 bits per heavy atom. The molecule has 4 nitrogen and oxygen atoms in total. The molecule has 0 saturated carbocycles. The van der Waals surface area contributed by atoms with Crippen LogP contribution in [0.15, 0.2) is 12.4 Å². The van der Waals surface area contributed by atoms with E-state index in [1.54, 1.807) is 7.11 Å². The molecule has 0 fully saturated rings. The van der Waals surface area contributed by atoms with Crippen molar-refractivity contribution in [2.24, 2.45) is 0 Å². The number of nitrogens with zero attached hydrogens (tertiary/aromatic N) is 2. The lowest BCUT2D eigenvalue weighted by atomic mass is 10.3. The van der Waals surface area contributed by atoms with Gasteiger partial charge in [0.25, 0.3) is 0 Å². The summed E-state index contributed by atoms with van der Waals surface area (Å²) in [5, 5.41) is 3.22. The normalized spacial score (nSPS) is 10.4. The lowest BCUT2D eigenvalue weighted by Gasteiger charge is -2.02. The molecule has 0 spiro atoms. The third-order valence-electron chi connectivity index (χ3n) is 1.87. The molecule has 0 unspecified atom stereocenters. The quantitative estimate of drug-likeness (QED) is 0.728. The van der Waals surface area contributed by atoms with Crippen molar-refractivity contribution < 1.29 is 4.74 Å². The molecule has 0 aliphatic heterocycles. The summed E-state index contributed by atoms with van der Waals surface area (Å²) in [5.74, 6) is 0.840. The van der Waals surface area contributed by atoms with Crippen molar-refractivity contribution in [1.29, 1.82) is 0 Å². The molecule has 1 aromatic rings. The molecule has 0 aliphatic carbocycles. The summed E-state index contributed by atoms with van der Waals surface area (Å²) in [6.07, 6.45) is 4.50. The first-order valence-corrected chi connectivity index (χ1v) is 4.86. The Balaban J connectivity index is 2.42. The Labute approximate surface area is 84.7 Å². The van der Waals surface area contributed by atoms with Crippen LogP contribution in [0, 0.1) is 0 Å². The highest BCUT2D eigenvalue weighted by Gasteiger charge is 1.96. The number of aromatic nitrogens is 2. The van der Waals surface area contributed by atoms with Crippen LogP contribution >= 0.6 is 0 Å². The minimum Gasteiger partial charge on any atom is -0.384 e. The molecular weight excluding hydrogens is 178 g/mol. The van der Waals surface area contributed by atoms with Crippen LogP contribution in [0.4, 0.5) is 0 Å². The lowest BCUT2D eigenvalue weighted by molar-refractivity contribution is 0.200. The van der Waals surface area contributed by atoms with E-state index in [-0.39, 0.29) is 0 Å². The van der Waals surface area contributed by atoms with Crippen LogP contribution in [0.25, 0.3) is 0 Å². The van der Waals surface area contributed by atoms with Crippen molar-refractivity contribution in [3.8, 4) is 0 Å². The maximum Gasteiger partial charge on any atom is 0.130 e. The smallest absolute Gasteiger partial charge is 0.130 e. The summed E-state index contributed by atoms with van der Waals surface area (Å²) < 4.78 is 4.95. The van der Waals surface area contributed by atoms with Gasteiger partial charge in [-0.15, -0.1) is 0 Å². The first kappa shape index (κ1) is 11.1. The predicted molar refractivity (Wildman–Crippen MR) is 55.0 cm³/mol. The molecule has 0 saturated heterocycles. The van der Waals surface area contributed by atoms with Gasteiger partial charge in [0, 0.05) is 38.0 Å². The van der Waals surface area contributed by atoms with Crippen LogP contribution in [-0.4, -0.2) is 30.2 Å². The van der Waals surface area contributed by atoms with Crippen LogP contribution in [0.3, 0.4) is 0 Å². The van der Waals surface area contributed by atoms with Crippen LogP contribution in [0.2, 0.25) is 0 Å². The third kappa shape index (κ3) is 3.81. The predicted octanol–water partition coefficient (Wildman–Crippen LogP) is 0.775. The molecule has 0 atom stereocenters. The van der Waals surface area contributed by atoms with Crippen molar-refractivity contribution in [3.63, 3.8) is 0 Å². The lowest BCUT2D eigenvalue weighted by Crippen LogP contribution is -2.12. The molecule has 1 rings (SSSR count). The maximum absolute atomic E-state index is 4.95. The fourth-order valence-corrected chi connectivity index (χ4v) is 1.06. The Bertz CT molecular complexity index is 221. The van der Waals surface area contributed by atoms with Gasteiger partial charge >= 0.3 is 0 Å². The molecule has 1 aromatic heterocycles. The Morgan fingerprint density at radius 1 is 1.36 bits per heavy atom. The topological polar surface area (TPSA) is 47.0 Å². The Morgan fingerprint density at radius 2 is 2.07 bits per heavy atom. The van der Waals surface area contributed by atoms with E-state index in [9.17, 15) is 0 Å². The van der Waals surface area contributed by atoms with E-state index in [4.69, 9.17) is 4.74 Å². The molecular formula is C10H17N3O. The zero-order valence-electron chi connectivity index (χ0n) is 8.79. The van der Waals surface area contributed by atoms with Crippen molar-refractivity contribution in [3.05, 3.63) is 23.8 Å². The fourth-order valence-electron chi connectivity index (χ4n) is 1.06. The van der Waals surface area contributed by atoms with Gasteiger partial charge in [0.05, 0.1) is 6.61 Å². The van der Waals surface area contributed by atoms with Gasteiger partial charge in [-0.3, -0.25) is 0 Å². The highest BCUT2D eigenvalue weighted by Crippen LogP contribution is 1.96. The van der Waals surface area contributed by atoms with Gasteiger partial charge in [0.1, 0.15) is 5.82 Å². The van der Waals surface area contributed by atoms with Gasteiger partial charge in [-0.05, 0) is 6.54 Å². The molecule has 0 bridgehead atoms. The van der Waals surface area contributed by atoms with Crippen molar-refractivity contribution in [2.45, 2.75) is 19.9 Å². The first-order chi connectivity index (χ1) is 6.86. The van der Waals surface area contributed by atoms with Crippen LogP contribution in [0.5, 0.6) is 0 Å². The molecule has 1 heterocycles. The molecule has 0 amide bonds. The zero-order chi connectivity index (χ0) is 10.2. The molecule has 1 N–H and O–H groups in total. The minimum atomic E-state index is 0.673. The third-order valence-corrected chi connectivity index (χ3v) is 1.87. The summed E-state index contributed by atoms with van der Waals surface area (Å²) in [4.78, 5) is 8.48. The summed E-state index contributed by atoms with van der Waals surface area (Å²) in [6.45, 7) is 4.55.